The molecule has 0 saturated heterocycles. The maximum Gasteiger partial charge on any atom is 0.349 e. The highest BCUT2D eigenvalue weighted by Crippen LogP contribution is 2.27. The summed E-state index contributed by atoms with van der Waals surface area (Å²) in [6.45, 7) is 3.75. The van der Waals surface area contributed by atoms with Crippen LogP contribution >= 0.6 is 0 Å². The highest BCUT2D eigenvalue weighted by Gasteiger charge is 2.21. The Labute approximate surface area is 136 Å². The fourth-order valence-electron chi connectivity index (χ4n) is 2.19. The van der Waals surface area contributed by atoms with Crippen LogP contribution in [0, 0.1) is 11.3 Å². The normalized spacial score (nSPS) is 11.2. The van der Waals surface area contributed by atoms with Crippen molar-refractivity contribution in [1.82, 2.24) is 0 Å². The molecular weight excluding hydrogens is 286 g/mol. The Hall–Kier alpha value is -2.86. The quantitative estimate of drug-likeness (QED) is 0.468. The summed E-state index contributed by atoms with van der Waals surface area (Å²) in [4.78, 5) is 12.4. The molecule has 0 spiro atoms. The van der Waals surface area contributed by atoms with Gasteiger partial charge in [-0.15, -0.1) is 0 Å². The highest BCUT2D eigenvalue weighted by molar-refractivity contribution is 6.05. The Morgan fingerprint density at radius 1 is 1.04 bits per heavy atom. The molecule has 0 aliphatic heterocycles. The second-order valence-electron chi connectivity index (χ2n) is 5.22. The van der Waals surface area contributed by atoms with E-state index in [1.807, 2.05) is 80.6 Å². The molecule has 116 valence electrons. The first-order valence-corrected chi connectivity index (χ1v) is 7.63. The van der Waals surface area contributed by atoms with E-state index in [0.29, 0.717) is 12.0 Å². The van der Waals surface area contributed by atoms with Gasteiger partial charge < -0.3 is 4.74 Å². The minimum atomic E-state index is -0.579. The molecule has 0 aromatic heterocycles. The van der Waals surface area contributed by atoms with Crippen LogP contribution in [-0.4, -0.2) is 12.1 Å². The van der Waals surface area contributed by atoms with Gasteiger partial charge in [0.25, 0.3) is 0 Å². The average molecular weight is 305 g/mol. The third-order valence-electron chi connectivity index (χ3n) is 3.57. The molecule has 3 nitrogen and oxygen atoms in total. The summed E-state index contributed by atoms with van der Waals surface area (Å²) in [7, 11) is 0. The van der Waals surface area contributed by atoms with Gasteiger partial charge in [0, 0.05) is 5.57 Å². The van der Waals surface area contributed by atoms with E-state index >= 15 is 0 Å². The zero-order valence-electron chi connectivity index (χ0n) is 13.3. The number of rotatable bonds is 5. The number of carbonyl (C=O) groups is 1. The third-order valence-corrected chi connectivity index (χ3v) is 3.57. The molecule has 3 heteroatoms. The van der Waals surface area contributed by atoms with Crippen LogP contribution in [0.1, 0.15) is 31.4 Å². The van der Waals surface area contributed by atoms with Crippen LogP contribution in [0.4, 0.5) is 0 Å². The van der Waals surface area contributed by atoms with Crippen molar-refractivity contribution >= 4 is 11.5 Å². The molecule has 1 unspecified atom stereocenters. The van der Waals surface area contributed by atoms with Crippen LogP contribution in [0.3, 0.4) is 0 Å². The van der Waals surface area contributed by atoms with Gasteiger partial charge in [0.1, 0.15) is 11.6 Å². The van der Waals surface area contributed by atoms with Gasteiger partial charge in [-0.2, -0.15) is 5.26 Å². The fourth-order valence-corrected chi connectivity index (χ4v) is 2.19. The number of ether oxygens (including phenoxy) is 1. The van der Waals surface area contributed by atoms with E-state index in [9.17, 15) is 10.1 Å². The predicted octanol–water partition coefficient (Wildman–Crippen LogP) is 4.35. The Balaban J connectivity index is 2.59. The van der Waals surface area contributed by atoms with Crippen molar-refractivity contribution < 1.29 is 9.53 Å². The summed E-state index contributed by atoms with van der Waals surface area (Å²) in [5.74, 6) is -0.579. The Bertz CT molecular complexity index is 686. The molecule has 0 aliphatic carbocycles. The van der Waals surface area contributed by atoms with Gasteiger partial charge in [0.2, 0.25) is 0 Å². The van der Waals surface area contributed by atoms with Gasteiger partial charge in [-0.1, -0.05) is 67.6 Å². The van der Waals surface area contributed by atoms with Crippen LogP contribution < -0.4 is 0 Å². The van der Waals surface area contributed by atoms with E-state index in [1.54, 1.807) is 0 Å². The molecule has 0 N–H and O–H groups in total. The lowest BCUT2D eigenvalue weighted by molar-refractivity contribution is -0.142. The van der Waals surface area contributed by atoms with E-state index in [-0.39, 0.29) is 11.7 Å². The molecule has 0 bridgehead atoms. The molecule has 0 saturated carbocycles. The van der Waals surface area contributed by atoms with Crippen LogP contribution in [0.2, 0.25) is 0 Å². The summed E-state index contributed by atoms with van der Waals surface area (Å²) in [6.07, 6.45) is 0.481. The number of carbonyl (C=O) groups excluding carboxylic acids is 1. The average Bonchev–Trinajstić information content (AvgIpc) is 2.60. The van der Waals surface area contributed by atoms with Gasteiger partial charge in [0.05, 0.1) is 6.10 Å². The van der Waals surface area contributed by atoms with E-state index in [4.69, 9.17) is 4.74 Å². The van der Waals surface area contributed by atoms with Crippen LogP contribution in [0.15, 0.2) is 66.2 Å². The number of nitriles is 1. The largest absolute Gasteiger partial charge is 0.459 e. The molecule has 0 fully saturated rings. The second kappa shape index (κ2) is 7.95. The van der Waals surface area contributed by atoms with E-state index in [1.165, 1.54) is 0 Å². The molecule has 0 heterocycles. The first-order chi connectivity index (χ1) is 11.2. The predicted molar refractivity (Wildman–Crippen MR) is 90.4 cm³/mol. The van der Waals surface area contributed by atoms with Crippen LogP contribution in [0.5, 0.6) is 0 Å². The number of benzene rings is 2. The zero-order valence-corrected chi connectivity index (χ0v) is 13.3. The Kier molecular flexibility index (Phi) is 5.71. The monoisotopic (exact) mass is 305 g/mol. The molecule has 1 atom stereocenters. The standard InChI is InChI=1S/C20H19NO2/c1-3-15(2)23-20(22)18(14-21)19(16-10-6-4-7-11-16)17-12-8-5-9-13-17/h4-13,15H,3H2,1-2H3. The van der Waals surface area contributed by atoms with Crippen LogP contribution in [-0.2, 0) is 9.53 Å². The van der Waals surface area contributed by atoms with Gasteiger partial charge in [-0.05, 0) is 24.5 Å². The lowest BCUT2D eigenvalue weighted by Crippen LogP contribution is -2.16. The second-order valence-corrected chi connectivity index (χ2v) is 5.22. The maximum absolute atomic E-state index is 12.4. The molecule has 0 amide bonds. The number of hydrogen-bond acceptors (Lipinski definition) is 3. The first kappa shape index (κ1) is 16.5. The summed E-state index contributed by atoms with van der Waals surface area (Å²) < 4.78 is 5.36. The number of esters is 1. The van der Waals surface area contributed by atoms with Crippen molar-refractivity contribution in [3.05, 3.63) is 77.4 Å². The van der Waals surface area contributed by atoms with E-state index < -0.39 is 5.97 Å². The minimum Gasteiger partial charge on any atom is -0.459 e. The maximum atomic E-state index is 12.4. The van der Waals surface area contributed by atoms with Gasteiger partial charge in [0.15, 0.2) is 0 Å². The number of nitrogens with zero attached hydrogens (tertiary/aromatic N) is 1. The molecule has 2 aromatic rings. The van der Waals surface area contributed by atoms with Gasteiger partial charge in [-0.3, -0.25) is 0 Å². The molecule has 2 rings (SSSR count). The van der Waals surface area contributed by atoms with Crippen molar-refractivity contribution in [2.24, 2.45) is 0 Å². The molecular formula is C20H19NO2. The summed E-state index contributed by atoms with van der Waals surface area (Å²) >= 11 is 0. The van der Waals surface area contributed by atoms with Crippen LogP contribution in [0.25, 0.3) is 5.57 Å². The first-order valence-electron chi connectivity index (χ1n) is 7.63. The van der Waals surface area contributed by atoms with Crippen molar-refractivity contribution in [3.63, 3.8) is 0 Å². The summed E-state index contributed by atoms with van der Waals surface area (Å²) in [5, 5.41) is 9.57. The number of hydrogen-bond donors (Lipinski definition) is 0. The smallest absolute Gasteiger partial charge is 0.349 e. The SMILES string of the molecule is CCC(C)OC(=O)C(C#N)=C(c1ccccc1)c1ccccc1. The molecule has 23 heavy (non-hydrogen) atoms. The third kappa shape index (κ3) is 4.08. The Morgan fingerprint density at radius 2 is 1.52 bits per heavy atom. The lowest BCUT2D eigenvalue weighted by atomic mass is 9.93. The minimum absolute atomic E-state index is 0.0303. The van der Waals surface area contributed by atoms with Crippen molar-refractivity contribution in [3.8, 4) is 6.07 Å². The summed E-state index contributed by atoms with van der Waals surface area (Å²) in [5.41, 5.74) is 2.26. The zero-order chi connectivity index (χ0) is 16.7. The lowest BCUT2D eigenvalue weighted by Gasteiger charge is -2.14. The fraction of sp³-hybridized carbons (Fsp3) is 0.200. The Morgan fingerprint density at radius 3 is 1.91 bits per heavy atom. The molecule has 0 aliphatic rings. The summed E-state index contributed by atoms with van der Waals surface area (Å²) in [6, 6.07) is 20.9. The van der Waals surface area contributed by atoms with Crippen molar-refractivity contribution in [1.29, 1.82) is 5.26 Å². The molecule has 0 radical (unpaired) electrons. The van der Waals surface area contributed by atoms with E-state index in [2.05, 4.69) is 0 Å². The topological polar surface area (TPSA) is 50.1 Å². The molecule has 2 aromatic carbocycles. The van der Waals surface area contributed by atoms with Crippen molar-refractivity contribution in [2.45, 2.75) is 26.4 Å². The van der Waals surface area contributed by atoms with Gasteiger partial charge >= 0.3 is 5.97 Å². The van der Waals surface area contributed by atoms with Crippen molar-refractivity contribution in [2.75, 3.05) is 0 Å². The highest BCUT2D eigenvalue weighted by atomic mass is 16.5. The van der Waals surface area contributed by atoms with E-state index in [0.717, 1.165) is 11.1 Å². The van der Waals surface area contributed by atoms with Gasteiger partial charge in [-0.25, -0.2) is 4.79 Å².